The maximum Gasteiger partial charge on any atom is 0.257 e. The molecule has 4 heterocycles. The van der Waals surface area contributed by atoms with Crippen molar-refractivity contribution in [2.75, 3.05) is 13.2 Å². The molecule has 1 aromatic carbocycles. The number of nitrogens with zero attached hydrogens (tertiary/aromatic N) is 4. The van der Waals surface area contributed by atoms with Crippen molar-refractivity contribution in [3.8, 4) is 11.6 Å². The summed E-state index contributed by atoms with van der Waals surface area (Å²) in [5.41, 5.74) is 2.58. The first-order chi connectivity index (χ1) is 14.1. The van der Waals surface area contributed by atoms with E-state index in [1.807, 2.05) is 23.2 Å². The van der Waals surface area contributed by atoms with Gasteiger partial charge in [0.1, 0.15) is 18.1 Å². The number of aromatic nitrogens is 3. The molecule has 29 heavy (non-hydrogen) atoms. The van der Waals surface area contributed by atoms with Crippen LogP contribution in [-0.2, 0) is 22.9 Å². The maximum atomic E-state index is 12.7. The summed E-state index contributed by atoms with van der Waals surface area (Å²) < 4.78 is 36.3. The first-order valence-corrected chi connectivity index (χ1v) is 10.5. The van der Waals surface area contributed by atoms with Gasteiger partial charge >= 0.3 is 0 Å². The Kier molecular flexibility index (Phi) is 4.20. The number of H-pyrrole nitrogens is 1. The second kappa shape index (κ2) is 6.89. The number of aromatic amines is 1. The molecule has 0 atom stereocenters. The van der Waals surface area contributed by atoms with Crippen molar-refractivity contribution in [1.29, 1.82) is 0 Å². The van der Waals surface area contributed by atoms with E-state index in [1.54, 1.807) is 18.3 Å². The average molecular weight is 411 g/mol. The molecule has 148 valence electrons. The third-order valence-electron chi connectivity index (χ3n) is 4.73. The Hall–Kier alpha value is -3.40. The topological polar surface area (TPSA) is 110 Å². The van der Waals surface area contributed by atoms with Crippen LogP contribution in [0.25, 0.3) is 0 Å². The Labute approximate surface area is 166 Å². The van der Waals surface area contributed by atoms with E-state index >= 15 is 0 Å². The summed E-state index contributed by atoms with van der Waals surface area (Å²) in [4.78, 5) is 4.84. The number of hydrogen-bond acceptors (Lipinski definition) is 8. The third kappa shape index (κ3) is 3.31. The summed E-state index contributed by atoms with van der Waals surface area (Å²) in [5, 5.41) is 12.6. The van der Waals surface area contributed by atoms with Gasteiger partial charge in [-0.2, -0.15) is 10.2 Å². The molecule has 2 aromatic heterocycles. The number of pyridine rings is 1. The third-order valence-corrected chi connectivity index (χ3v) is 6.45. The molecular formula is C19H17N5O4S. The predicted octanol–water partition coefficient (Wildman–Crippen LogP) is 1.76. The summed E-state index contributed by atoms with van der Waals surface area (Å²) in [6.07, 6.45) is 4.33. The van der Waals surface area contributed by atoms with Crippen LogP contribution in [0.3, 0.4) is 0 Å². The molecule has 2 aliphatic heterocycles. The maximum absolute atomic E-state index is 12.7. The highest BCUT2D eigenvalue weighted by Crippen LogP contribution is 2.29. The van der Waals surface area contributed by atoms with Crippen LogP contribution in [-0.4, -0.2) is 48.0 Å². The molecule has 1 N–H and O–H groups in total. The van der Waals surface area contributed by atoms with Crippen LogP contribution in [0, 0.1) is 0 Å². The van der Waals surface area contributed by atoms with E-state index in [1.165, 1.54) is 12.4 Å². The fourth-order valence-electron chi connectivity index (χ4n) is 3.25. The van der Waals surface area contributed by atoms with Crippen molar-refractivity contribution in [2.24, 2.45) is 5.10 Å². The van der Waals surface area contributed by atoms with Gasteiger partial charge in [0, 0.05) is 11.8 Å². The van der Waals surface area contributed by atoms with Crippen molar-refractivity contribution < 1.29 is 17.9 Å². The van der Waals surface area contributed by atoms with Crippen LogP contribution in [0.4, 0.5) is 0 Å². The number of rotatable bonds is 4. The number of nitrogens with one attached hydrogen (secondary N) is 1. The predicted molar refractivity (Wildman–Crippen MR) is 103 cm³/mol. The number of hydrazone groups is 1. The molecule has 0 unspecified atom stereocenters. The number of hydrogen-bond donors (Lipinski definition) is 1. The van der Waals surface area contributed by atoms with Gasteiger partial charge in [-0.15, -0.1) is 0 Å². The first kappa shape index (κ1) is 17.7. The van der Waals surface area contributed by atoms with Crippen molar-refractivity contribution in [2.45, 2.75) is 22.9 Å². The molecule has 10 heteroatoms. The highest BCUT2D eigenvalue weighted by molar-refractivity contribution is 7.91. The zero-order chi connectivity index (χ0) is 19.8. The standard InChI is InChI=1S/C19H17N5O4S/c25-29(26,17-9-20-21-10-17)16-3-1-13-11-24(22-8-14(13)7-16)12-15-2-4-18-19(23-15)28-6-5-27-18/h1-4,7-10H,5-6,11-12H2,(H,20,21). The SMILES string of the molecule is O=S(=O)(c1cn[nH]c1)c1ccc2c(c1)C=NN(Cc1ccc3c(n1)OCCO3)C2. The smallest absolute Gasteiger partial charge is 0.257 e. The molecule has 5 rings (SSSR count). The summed E-state index contributed by atoms with van der Waals surface area (Å²) in [6.45, 7) is 2.07. The van der Waals surface area contributed by atoms with E-state index in [-0.39, 0.29) is 9.79 Å². The lowest BCUT2D eigenvalue weighted by Gasteiger charge is -2.24. The molecule has 0 spiro atoms. The molecule has 9 nitrogen and oxygen atoms in total. The Bertz CT molecular complexity index is 1190. The monoisotopic (exact) mass is 411 g/mol. The van der Waals surface area contributed by atoms with Gasteiger partial charge in [0.05, 0.1) is 36.1 Å². The van der Waals surface area contributed by atoms with Crippen LogP contribution >= 0.6 is 0 Å². The number of ether oxygens (including phenoxy) is 2. The Balaban J connectivity index is 1.35. The van der Waals surface area contributed by atoms with Crippen LogP contribution in [0.1, 0.15) is 16.8 Å². The summed E-state index contributed by atoms with van der Waals surface area (Å²) in [5.74, 6) is 1.16. The van der Waals surface area contributed by atoms with Crippen LogP contribution in [0.2, 0.25) is 0 Å². The van der Waals surface area contributed by atoms with Gasteiger partial charge in [-0.05, 0) is 29.8 Å². The molecule has 0 bridgehead atoms. The van der Waals surface area contributed by atoms with E-state index in [0.717, 1.165) is 16.8 Å². The zero-order valence-corrected chi connectivity index (χ0v) is 16.1. The highest BCUT2D eigenvalue weighted by Gasteiger charge is 2.22. The van der Waals surface area contributed by atoms with E-state index in [9.17, 15) is 8.42 Å². The van der Waals surface area contributed by atoms with Crippen LogP contribution in [0.5, 0.6) is 11.6 Å². The van der Waals surface area contributed by atoms with Gasteiger partial charge in [0.2, 0.25) is 9.84 Å². The minimum absolute atomic E-state index is 0.136. The van der Waals surface area contributed by atoms with Gasteiger partial charge in [0.15, 0.2) is 5.75 Å². The van der Waals surface area contributed by atoms with E-state index < -0.39 is 9.84 Å². The molecular weight excluding hydrogens is 394 g/mol. The molecule has 3 aromatic rings. The quantitative estimate of drug-likeness (QED) is 0.696. The lowest BCUT2D eigenvalue weighted by Crippen LogP contribution is -2.23. The molecule has 0 saturated heterocycles. The second-order valence-electron chi connectivity index (χ2n) is 6.67. The summed E-state index contributed by atoms with van der Waals surface area (Å²) in [7, 11) is -3.60. The minimum atomic E-state index is -3.60. The summed E-state index contributed by atoms with van der Waals surface area (Å²) in [6, 6.07) is 8.81. The fourth-order valence-corrected chi connectivity index (χ4v) is 4.45. The highest BCUT2D eigenvalue weighted by atomic mass is 32.2. The normalized spacial score (nSPS) is 15.2. The minimum Gasteiger partial charge on any atom is -0.484 e. The number of benzene rings is 1. The molecule has 0 saturated carbocycles. The lowest BCUT2D eigenvalue weighted by molar-refractivity contribution is 0.163. The molecule has 0 radical (unpaired) electrons. The van der Waals surface area contributed by atoms with Crippen LogP contribution in [0.15, 0.2) is 57.6 Å². The zero-order valence-electron chi connectivity index (χ0n) is 15.3. The molecule has 0 amide bonds. The average Bonchev–Trinajstić information content (AvgIpc) is 3.29. The first-order valence-electron chi connectivity index (χ1n) is 9.01. The van der Waals surface area contributed by atoms with Gasteiger partial charge in [-0.1, -0.05) is 6.07 Å². The van der Waals surface area contributed by atoms with Gasteiger partial charge in [-0.25, -0.2) is 13.4 Å². The summed E-state index contributed by atoms with van der Waals surface area (Å²) >= 11 is 0. The number of sulfone groups is 1. The van der Waals surface area contributed by atoms with E-state index in [4.69, 9.17) is 9.47 Å². The van der Waals surface area contributed by atoms with Gasteiger partial charge in [0.25, 0.3) is 5.88 Å². The molecule has 0 aliphatic carbocycles. The van der Waals surface area contributed by atoms with Gasteiger partial charge in [-0.3, -0.25) is 10.1 Å². The van der Waals surface area contributed by atoms with Crippen molar-refractivity contribution in [3.05, 3.63) is 59.5 Å². The van der Waals surface area contributed by atoms with Gasteiger partial charge < -0.3 is 9.47 Å². The van der Waals surface area contributed by atoms with Crippen molar-refractivity contribution in [1.82, 2.24) is 20.2 Å². The van der Waals surface area contributed by atoms with Crippen molar-refractivity contribution >= 4 is 16.1 Å². The molecule has 0 fully saturated rings. The van der Waals surface area contributed by atoms with Crippen molar-refractivity contribution in [3.63, 3.8) is 0 Å². The number of fused-ring (bicyclic) bond motifs is 2. The van der Waals surface area contributed by atoms with E-state index in [0.29, 0.717) is 37.9 Å². The Morgan fingerprint density at radius 1 is 1.10 bits per heavy atom. The van der Waals surface area contributed by atoms with Crippen LogP contribution < -0.4 is 9.47 Å². The fraction of sp³-hybridized carbons (Fsp3) is 0.211. The van der Waals surface area contributed by atoms with E-state index in [2.05, 4.69) is 20.3 Å². The molecule has 2 aliphatic rings. The second-order valence-corrected chi connectivity index (χ2v) is 8.62. The largest absolute Gasteiger partial charge is 0.484 e. The Morgan fingerprint density at radius 3 is 2.86 bits per heavy atom. The Morgan fingerprint density at radius 2 is 2.00 bits per heavy atom. The lowest BCUT2D eigenvalue weighted by atomic mass is 10.1.